The van der Waals surface area contributed by atoms with E-state index < -0.39 is 0 Å². The Balaban J connectivity index is 3.91. The smallest absolute Gasteiger partial charge is 0.334 e. The van der Waals surface area contributed by atoms with Crippen molar-refractivity contribution in [2.24, 2.45) is 0 Å². The molecule has 0 aromatic carbocycles. The van der Waals surface area contributed by atoms with Crippen molar-refractivity contribution in [2.75, 3.05) is 14.1 Å². The Labute approximate surface area is 106 Å². The van der Waals surface area contributed by atoms with Gasteiger partial charge in [0.05, 0.1) is 0 Å². The van der Waals surface area contributed by atoms with Crippen molar-refractivity contribution in [1.82, 2.24) is 4.90 Å². The summed E-state index contributed by atoms with van der Waals surface area (Å²) in [5, 5.41) is 0. The van der Waals surface area contributed by atoms with Gasteiger partial charge in [0, 0.05) is 5.57 Å². The van der Waals surface area contributed by atoms with Crippen molar-refractivity contribution < 1.29 is 9.53 Å². The maximum absolute atomic E-state index is 11.4. The lowest BCUT2D eigenvalue weighted by Crippen LogP contribution is -2.33. The molecule has 0 spiro atoms. The molecule has 0 amide bonds. The van der Waals surface area contributed by atoms with Gasteiger partial charge >= 0.3 is 5.97 Å². The highest BCUT2D eigenvalue weighted by Gasteiger charge is 2.16. The van der Waals surface area contributed by atoms with Gasteiger partial charge in [-0.25, -0.2) is 4.79 Å². The van der Waals surface area contributed by atoms with E-state index in [0.29, 0.717) is 5.57 Å². The van der Waals surface area contributed by atoms with Crippen LogP contribution in [0.2, 0.25) is 0 Å². The van der Waals surface area contributed by atoms with Crippen LogP contribution in [0.25, 0.3) is 0 Å². The minimum absolute atomic E-state index is 0.124. The standard InChI is InChI=1S/C14H27NO2/c1-6-7-8-9-10-11-13(15(4)5)17-14(16)12(2)3/h13H,2,6-11H2,1,3-5H3. The van der Waals surface area contributed by atoms with Crippen LogP contribution in [0.15, 0.2) is 12.2 Å². The molecule has 0 saturated carbocycles. The second-order valence-electron chi connectivity index (χ2n) is 4.81. The van der Waals surface area contributed by atoms with E-state index in [1.54, 1.807) is 6.92 Å². The maximum atomic E-state index is 11.4. The molecule has 0 aliphatic heterocycles. The van der Waals surface area contributed by atoms with Crippen LogP contribution in [0.5, 0.6) is 0 Å². The molecule has 0 fully saturated rings. The van der Waals surface area contributed by atoms with Crippen LogP contribution in [0.3, 0.4) is 0 Å². The predicted octanol–water partition coefficient (Wildman–Crippen LogP) is 3.35. The zero-order chi connectivity index (χ0) is 13.3. The number of unbranched alkanes of at least 4 members (excludes halogenated alkanes) is 4. The average Bonchev–Trinajstić information content (AvgIpc) is 2.26. The Kier molecular flexibility index (Phi) is 8.78. The van der Waals surface area contributed by atoms with Gasteiger partial charge in [-0.3, -0.25) is 4.90 Å². The fourth-order valence-electron chi connectivity index (χ4n) is 1.57. The van der Waals surface area contributed by atoms with Gasteiger partial charge in [-0.05, 0) is 33.9 Å². The lowest BCUT2D eigenvalue weighted by atomic mass is 10.1. The normalized spacial score (nSPS) is 12.5. The van der Waals surface area contributed by atoms with Gasteiger partial charge in [0.25, 0.3) is 0 Å². The van der Waals surface area contributed by atoms with E-state index in [-0.39, 0.29) is 12.2 Å². The summed E-state index contributed by atoms with van der Waals surface area (Å²) in [4.78, 5) is 13.4. The van der Waals surface area contributed by atoms with Crippen LogP contribution in [-0.2, 0) is 9.53 Å². The molecule has 1 unspecified atom stereocenters. The van der Waals surface area contributed by atoms with E-state index in [2.05, 4.69) is 13.5 Å². The SMILES string of the molecule is C=C(C)C(=O)OC(CCCCCCC)N(C)C. The average molecular weight is 241 g/mol. The summed E-state index contributed by atoms with van der Waals surface area (Å²) < 4.78 is 5.37. The zero-order valence-electron chi connectivity index (χ0n) is 11.8. The molecule has 0 radical (unpaired) electrons. The molecule has 1 atom stereocenters. The second kappa shape index (κ2) is 9.23. The predicted molar refractivity (Wildman–Crippen MR) is 71.8 cm³/mol. The van der Waals surface area contributed by atoms with Gasteiger partial charge in [0.15, 0.2) is 6.23 Å². The first-order chi connectivity index (χ1) is 7.99. The fraction of sp³-hybridized carbons (Fsp3) is 0.786. The number of rotatable bonds is 9. The highest BCUT2D eigenvalue weighted by atomic mass is 16.6. The number of nitrogens with zero attached hydrogens (tertiary/aromatic N) is 1. The molecular formula is C14H27NO2. The molecule has 3 nitrogen and oxygen atoms in total. The molecule has 0 N–H and O–H groups in total. The summed E-state index contributed by atoms with van der Waals surface area (Å²) in [5.41, 5.74) is 0.461. The van der Waals surface area contributed by atoms with Crippen molar-refractivity contribution in [3.8, 4) is 0 Å². The Morgan fingerprint density at radius 3 is 2.29 bits per heavy atom. The van der Waals surface area contributed by atoms with E-state index in [1.165, 1.54) is 25.7 Å². The van der Waals surface area contributed by atoms with Crippen molar-refractivity contribution in [1.29, 1.82) is 0 Å². The minimum atomic E-state index is -0.294. The Morgan fingerprint density at radius 2 is 1.82 bits per heavy atom. The second-order valence-corrected chi connectivity index (χ2v) is 4.81. The monoisotopic (exact) mass is 241 g/mol. The minimum Gasteiger partial charge on any atom is -0.443 e. The van der Waals surface area contributed by atoms with Crippen molar-refractivity contribution in [3.63, 3.8) is 0 Å². The molecule has 100 valence electrons. The molecule has 0 aromatic rings. The largest absolute Gasteiger partial charge is 0.443 e. The van der Waals surface area contributed by atoms with Gasteiger partial charge in [-0.2, -0.15) is 0 Å². The molecule has 17 heavy (non-hydrogen) atoms. The van der Waals surface area contributed by atoms with Crippen molar-refractivity contribution in [2.45, 2.75) is 58.6 Å². The molecule has 0 saturated heterocycles. The van der Waals surface area contributed by atoms with E-state index >= 15 is 0 Å². The maximum Gasteiger partial charge on any atom is 0.334 e. The first-order valence-electron chi connectivity index (χ1n) is 6.52. The van der Waals surface area contributed by atoms with E-state index in [4.69, 9.17) is 4.74 Å². The third kappa shape index (κ3) is 7.97. The fourth-order valence-corrected chi connectivity index (χ4v) is 1.57. The zero-order valence-corrected chi connectivity index (χ0v) is 11.8. The highest BCUT2D eigenvalue weighted by Crippen LogP contribution is 2.12. The van der Waals surface area contributed by atoms with Crippen molar-refractivity contribution >= 4 is 5.97 Å². The molecule has 0 heterocycles. The Morgan fingerprint density at radius 1 is 1.24 bits per heavy atom. The third-order valence-corrected chi connectivity index (χ3v) is 2.72. The van der Waals surface area contributed by atoms with Gasteiger partial charge in [0.1, 0.15) is 0 Å². The summed E-state index contributed by atoms with van der Waals surface area (Å²) in [7, 11) is 3.87. The van der Waals surface area contributed by atoms with Crippen LogP contribution in [0.4, 0.5) is 0 Å². The van der Waals surface area contributed by atoms with Crippen LogP contribution in [0, 0.1) is 0 Å². The van der Waals surface area contributed by atoms with Crippen LogP contribution >= 0.6 is 0 Å². The molecular weight excluding hydrogens is 214 g/mol. The molecule has 0 aliphatic rings. The van der Waals surface area contributed by atoms with Crippen LogP contribution in [0.1, 0.15) is 52.4 Å². The van der Waals surface area contributed by atoms with Crippen LogP contribution < -0.4 is 0 Å². The first kappa shape index (κ1) is 16.2. The third-order valence-electron chi connectivity index (χ3n) is 2.72. The number of hydrogen-bond donors (Lipinski definition) is 0. The number of carbonyl (C=O) groups is 1. The quantitative estimate of drug-likeness (QED) is 0.268. The first-order valence-corrected chi connectivity index (χ1v) is 6.52. The van der Waals surface area contributed by atoms with E-state index in [0.717, 1.165) is 12.8 Å². The summed E-state index contributed by atoms with van der Waals surface area (Å²) in [5.74, 6) is -0.294. The van der Waals surface area contributed by atoms with Gasteiger partial charge < -0.3 is 4.74 Å². The molecule has 0 aliphatic carbocycles. The number of ether oxygens (including phenoxy) is 1. The number of esters is 1. The van der Waals surface area contributed by atoms with Gasteiger partial charge in [-0.15, -0.1) is 0 Å². The molecule has 3 heteroatoms. The Hall–Kier alpha value is -0.830. The molecule has 0 rings (SSSR count). The summed E-state index contributed by atoms with van der Waals surface area (Å²) >= 11 is 0. The molecule has 0 bridgehead atoms. The highest BCUT2D eigenvalue weighted by molar-refractivity contribution is 5.87. The summed E-state index contributed by atoms with van der Waals surface area (Å²) in [6.45, 7) is 7.48. The number of carbonyl (C=O) groups excluding carboxylic acids is 1. The molecule has 0 aromatic heterocycles. The van der Waals surface area contributed by atoms with E-state index in [1.807, 2.05) is 19.0 Å². The van der Waals surface area contributed by atoms with Gasteiger partial charge in [-0.1, -0.05) is 39.2 Å². The Bertz CT molecular complexity index is 236. The lowest BCUT2D eigenvalue weighted by molar-refractivity contribution is -0.152. The topological polar surface area (TPSA) is 29.5 Å². The van der Waals surface area contributed by atoms with Crippen LogP contribution in [-0.4, -0.2) is 31.2 Å². The lowest BCUT2D eigenvalue weighted by Gasteiger charge is -2.24. The van der Waals surface area contributed by atoms with Gasteiger partial charge in [0.2, 0.25) is 0 Å². The summed E-state index contributed by atoms with van der Waals surface area (Å²) in [6.07, 6.45) is 6.90. The summed E-state index contributed by atoms with van der Waals surface area (Å²) in [6, 6.07) is 0. The number of hydrogen-bond acceptors (Lipinski definition) is 3. The van der Waals surface area contributed by atoms with Crippen molar-refractivity contribution in [3.05, 3.63) is 12.2 Å². The van der Waals surface area contributed by atoms with E-state index in [9.17, 15) is 4.79 Å².